The number of carbonyl (C=O) groups is 2. The highest BCUT2D eigenvalue weighted by Gasteiger charge is 2.31. The van der Waals surface area contributed by atoms with E-state index in [1.807, 2.05) is 35.7 Å². The van der Waals surface area contributed by atoms with Gasteiger partial charge in [0.1, 0.15) is 5.82 Å². The summed E-state index contributed by atoms with van der Waals surface area (Å²) in [5.74, 6) is -0.0739. The van der Waals surface area contributed by atoms with Gasteiger partial charge in [0.25, 0.3) is 0 Å². The van der Waals surface area contributed by atoms with Crippen LogP contribution in [0.4, 0.5) is 0 Å². The maximum absolute atomic E-state index is 11.9. The average Bonchev–Trinajstić information content (AvgIpc) is 2.68. The second-order valence-corrected chi connectivity index (χ2v) is 4.51. The maximum atomic E-state index is 11.9. The number of piperidine rings is 1. The average molecular weight is 243 g/mol. The largest absolute Gasteiger partial charge is 0.303 e. The quantitative estimate of drug-likeness (QED) is 0.764. The van der Waals surface area contributed by atoms with Crippen LogP contribution < -0.4 is 5.32 Å². The van der Waals surface area contributed by atoms with Crippen LogP contribution in [0.25, 0.3) is 5.52 Å². The minimum absolute atomic E-state index is 0.200. The van der Waals surface area contributed by atoms with Gasteiger partial charge in [0.15, 0.2) is 0 Å². The summed E-state index contributed by atoms with van der Waals surface area (Å²) in [6.45, 7) is 1.92. The van der Waals surface area contributed by atoms with Crippen molar-refractivity contribution in [1.82, 2.24) is 14.7 Å². The first-order valence-electron chi connectivity index (χ1n) is 5.94. The molecule has 1 aliphatic heterocycles. The fourth-order valence-corrected chi connectivity index (χ4v) is 2.41. The third kappa shape index (κ3) is 1.59. The van der Waals surface area contributed by atoms with Crippen molar-refractivity contribution >= 4 is 17.3 Å². The highest BCUT2D eigenvalue weighted by molar-refractivity contribution is 6.00. The molecule has 0 aliphatic carbocycles. The molecule has 1 N–H and O–H groups in total. The lowest BCUT2D eigenvalue weighted by molar-refractivity contribution is -0.134. The van der Waals surface area contributed by atoms with E-state index in [9.17, 15) is 9.59 Å². The molecule has 1 aliphatic rings. The molecule has 2 amide bonds. The summed E-state index contributed by atoms with van der Waals surface area (Å²) in [5, 5.41) is 2.37. The summed E-state index contributed by atoms with van der Waals surface area (Å²) in [6.07, 6.45) is 2.80. The van der Waals surface area contributed by atoms with E-state index in [-0.39, 0.29) is 17.7 Å². The molecule has 5 nitrogen and oxygen atoms in total. The molecule has 92 valence electrons. The molecule has 1 unspecified atom stereocenters. The zero-order chi connectivity index (χ0) is 12.7. The van der Waals surface area contributed by atoms with Crippen LogP contribution in [0, 0.1) is 6.92 Å². The van der Waals surface area contributed by atoms with E-state index in [0.29, 0.717) is 18.7 Å². The summed E-state index contributed by atoms with van der Waals surface area (Å²) < 4.78 is 1.93. The van der Waals surface area contributed by atoms with Gasteiger partial charge in [-0.1, -0.05) is 6.07 Å². The number of hydrogen-bond donors (Lipinski definition) is 1. The first-order valence-corrected chi connectivity index (χ1v) is 5.94. The van der Waals surface area contributed by atoms with Gasteiger partial charge in [-0.05, 0) is 25.5 Å². The van der Waals surface area contributed by atoms with Crippen molar-refractivity contribution in [3.63, 3.8) is 0 Å². The molecule has 1 fully saturated rings. The molecule has 0 aromatic carbocycles. The lowest BCUT2D eigenvalue weighted by atomic mass is 9.97. The van der Waals surface area contributed by atoms with Crippen molar-refractivity contribution in [2.75, 3.05) is 0 Å². The smallest absolute Gasteiger partial charge is 0.237 e. The molecule has 0 spiro atoms. The number of fused-ring (bicyclic) bond motifs is 1. The van der Waals surface area contributed by atoms with Gasteiger partial charge in [-0.2, -0.15) is 0 Å². The third-order valence-corrected chi connectivity index (χ3v) is 3.31. The first kappa shape index (κ1) is 11.0. The number of hydrogen-bond acceptors (Lipinski definition) is 3. The number of carbonyl (C=O) groups excluding carboxylic acids is 2. The first-order chi connectivity index (χ1) is 8.66. The number of aromatic nitrogens is 2. The summed E-state index contributed by atoms with van der Waals surface area (Å²) >= 11 is 0. The van der Waals surface area contributed by atoms with Crippen LogP contribution in [-0.4, -0.2) is 21.2 Å². The molecule has 3 rings (SSSR count). The van der Waals surface area contributed by atoms with Crippen LogP contribution in [0.3, 0.4) is 0 Å². The molecule has 0 radical (unpaired) electrons. The Morgan fingerprint density at radius 3 is 3.00 bits per heavy atom. The Hall–Kier alpha value is -2.17. The summed E-state index contributed by atoms with van der Waals surface area (Å²) in [5.41, 5.74) is 1.90. The van der Waals surface area contributed by atoms with Crippen molar-refractivity contribution < 1.29 is 9.59 Å². The molecular formula is C13H13N3O2. The Labute approximate surface area is 104 Å². The fourth-order valence-electron chi connectivity index (χ4n) is 2.41. The van der Waals surface area contributed by atoms with E-state index in [1.165, 1.54) is 0 Å². The van der Waals surface area contributed by atoms with Gasteiger partial charge in [0.2, 0.25) is 11.8 Å². The Bertz CT molecular complexity index is 645. The summed E-state index contributed by atoms with van der Waals surface area (Å²) in [6, 6.07) is 5.82. The summed E-state index contributed by atoms with van der Waals surface area (Å²) in [4.78, 5) is 27.5. The number of aryl methyl sites for hydroxylation is 1. The molecule has 0 bridgehead atoms. The number of imide groups is 1. The Balaban J connectivity index is 2.09. The molecule has 5 heteroatoms. The van der Waals surface area contributed by atoms with Crippen LogP contribution in [0.2, 0.25) is 0 Å². The molecule has 18 heavy (non-hydrogen) atoms. The Morgan fingerprint density at radius 1 is 1.39 bits per heavy atom. The van der Waals surface area contributed by atoms with E-state index >= 15 is 0 Å². The van der Waals surface area contributed by atoms with Crippen LogP contribution in [0.5, 0.6) is 0 Å². The number of rotatable bonds is 1. The topological polar surface area (TPSA) is 63.5 Å². The lowest BCUT2D eigenvalue weighted by Gasteiger charge is -2.19. The van der Waals surface area contributed by atoms with Gasteiger partial charge in [0, 0.05) is 12.6 Å². The zero-order valence-corrected chi connectivity index (χ0v) is 10.0. The molecule has 1 atom stereocenters. The molecular weight excluding hydrogens is 230 g/mol. The van der Waals surface area contributed by atoms with E-state index in [1.54, 1.807) is 0 Å². The molecule has 3 heterocycles. The second kappa shape index (κ2) is 3.94. The number of imidazole rings is 1. The fraction of sp³-hybridized carbons (Fsp3) is 0.308. The number of nitrogens with one attached hydrogen (secondary N) is 1. The lowest BCUT2D eigenvalue weighted by Crippen LogP contribution is -2.40. The second-order valence-electron chi connectivity index (χ2n) is 4.51. The zero-order valence-electron chi connectivity index (χ0n) is 10.0. The van der Waals surface area contributed by atoms with Crippen molar-refractivity contribution in [3.05, 3.63) is 35.9 Å². The SMILES string of the molecule is Cc1nc(C2CCC(=O)NC2=O)n2ccccc12. The van der Waals surface area contributed by atoms with Gasteiger partial charge < -0.3 is 4.40 Å². The van der Waals surface area contributed by atoms with Gasteiger partial charge in [-0.15, -0.1) is 0 Å². The number of pyridine rings is 1. The van der Waals surface area contributed by atoms with Gasteiger partial charge in [-0.25, -0.2) is 4.98 Å². The van der Waals surface area contributed by atoms with Gasteiger partial charge >= 0.3 is 0 Å². The maximum Gasteiger partial charge on any atom is 0.237 e. The molecule has 0 saturated carbocycles. The van der Waals surface area contributed by atoms with Crippen molar-refractivity contribution in [2.45, 2.75) is 25.7 Å². The predicted octanol–water partition coefficient (Wildman–Crippen LogP) is 1.16. The normalized spacial score (nSPS) is 20.2. The number of amides is 2. The minimum atomic E-state index is -0.341. The highest BCUT2D eigenvalue weighted by atomic mass is 16.2. The summed E-state index contributed by atoms with van der Waals surface area (Å²) in [7, 11) is 0. The molecule has 2 aromatic heterocycles. The van der Waals surface area contributed by atoms with Crippen molar-refractivity contribution in [2.24, 2.45) is 0 Å². The van der Waals surface area contributed by atoms with Crippen LogP contribution in [0.1, 0.15) is 30.3 Å². The van der Waals surface area contributed by atoms with E-state index in [4.69, 9.17) is 0 Å². The molecule has 2 aromatic rings. The number of nitrogens with zero attached hydrogens (tertiary/aromatic N) is 2. The standard InChI is InChI=1S/C13H13N3O2/c1-8-10-4-2-3-7-16(10)12(14-8)9-5-6-11(17)15-13(9)18/h2-4,7,9H,5-6H2,1H3,(H,15,17,18). The van der Waals surface area contributed by atoms with Gasteiger partial charge in [0.05, 0.1) is 17.1 Å². The van der Waals surface area contributed by atoms with E-state index in [0.717, 1.165) is 11.2 Å². The van der Waals surface area contributed by atoms with Crippen LogP contribution >= 0.6 is 0 Å². The Kier molecular flexibility index (Phi) is 2.40. The molecule has 1 saturated heterocycles. The van der Waals surface area contributed by atoms with Gasteiger partial charge in [-0.3, -0.25) is 14.9 Å². The van der Waals surface area contributed by atoms with Crippen LogP contribution in [-0.2, 0) is 9.59 Å². The Morgan fingerprint density at radius 2 is 2.22 bits per heavy atom. The van der Waals surface area contributed by atoms with Crippen molar-refractivity contribution in [1.29, 1.82) is 0 Å². The minimum Gasteiger partial charge on any atom is -0.303 e. The van der Waals surface area contributed by atoms with Crippen molar-refractivity contribution in [3.8, 4) is 0 Å². The van der Waals surface area contributed by atoms with E-state index < -0.39 is 0 Å². The monoisotopic (exact) mass is 243 g/mol. The highest BCUT2D eigenvalue weighted by Crippen LogP contribution is 2.25. The predicted molar refractivity (Wildman–Crippen MR) is 65.1 cm³/mol. The third-order valence-electron chi connectivity index (χ3n) is 3.31. The van der Waals surface area contributed by atoms with E-state index in [2.05, 4.69) is 10.3 Å². The van der Waals surface area contributed by atoms with Crippen LogP contribution in [0.15, 0.2) is 24.4 Å².